The molecule has 12 heteroatoms. The number of aromatic nitrogens is 3. The summed E-state index contributed by atoms with van der Waals surface area (Å²) in [6, 6.07) is 5.64. The van der Waals surface area contributed by atoms with E-state index in [1.807, 2.05) is 6.92 Å². The summed E-state index contributed by atoms with van der Waals surface area (Å²) in [5, 5.41) is 4.68. The highest BCUT2D eigenvalue weighted by Gasteiger charge is 2.31. The van der Waals surface area contributed by atoms with Crippen LogP contribution in [0.25, 0.3) is 10.2 Å². The van der Waals surface area contributed by atoms with E-state index in [-0.39, 0.29) is 17.4 Å². The van der Waals surface area contributed by atoms with Crippen LogP contribution in [0.4, 0.5) is 18.3 Å². The maximum absolute atomic E-state index is 13.3. The minimum atomic E-state index is -4.78. The lowest BCUT2D eigenvalue weighted by Gasteiger charge is -2.29. The molecule has 3 aromatic rings. The van der Waals surface area contributed by atoms with Crippen molar-refractivity contribution in [3.8, 4) is 5.75 Å². The molecule has 2 aromatic heterocycles. The van der Waals surface area contributed by atoms with Gasteiger partial charge in [0, 0.05) is 45.0 Å². The fraction of sp³-hybridized carbons (Fsp3) is 0.450. The first kappa shape index (κ1) is 22.5. The van der Waals surface area contributed by atoms with Crippen molar-refractivity contribution in [3.05, 3.63) is 35.7 Å². The zero-order valence-electron chi connectivity index (χ0n) is 17.6. The van der Waals surface area contributed by atoms with E-state index in [0.717, 1.165) is 30.1 Å². The Balaban J connectivity index is 1.63. The van der Waals surface area contributed by atoms with Crippen LogP contribution in [0.1, 0.15) is 16.2 Å². The molecule has 0 spiro atoms. The van der Waals surface area contributed by atoms with Gasteiger partial charge in [-0.05, 0) is 25.1 Å². The molecule has 1 aliphatic rings. The minimum absolute atomic E-state index is 0.285. The molecule has 0 bridgehead atoms. The van der Waals surface area contributed by atoms with Crippen LogP contribution in [0.15, 0.2) is 24.3 Å². The maximum atomic E-state index is 13.3. The SMILES string of the molecule is Cc1cc(C(=O)N(CCN2CCOCC2)c2nc3ccc(OC(F)(F)F)cc3s2)nn1C. The van der Waals surface area contributed by atoms with Crippen molar-refractivity contribution >= 4 is 32.6 Å². The Morgan fingerprint density at radius 2 is 2.03 bits per heavy atom. The van der Waals surface area contributed by atoms with E-state index >= 15 is 0 Å². The summed E-state index contributed by atoms with van der Waals surface area (Å²) in [7, 11) is 1.75. The molecule has 0 atom stereocenters. The Morgan fingerprint density at radius 1 is 1.28 bits per heavy atom. The number of carbonyl (C=O) groups is 1. The number of ether oxygens (including phenoxy) is 2. The fourth-order valence-electron chi connectivity index (χ4n) is 3.36. The summed E-state index contributed by atoms with van der Waals surface area (Å²) in [6.45, 7) is 5.62. The molecule has 1 amide bonds. The number of benzene rings is 1. The maximum Gasteiger partial charge on any atom is 0.573 e. The third-order valence-electron chi connectivity index (χ3n) is 5.13. The Bertz CT molecular complexity index is 1090. The minimum Gasteiger partial charge on any atom is -0.406 e. The Kier molecular flexibility index (Phi) is 6.35. The van der Waals surface area contributed by atoms with E-state index in [1.54, 1.807) is 17.8 Å². The van der Waals surface area contributed by atoms with Crippen LogP contribution in [0.3, 0.4) is 0 Å². The number of anilines is 1. The van der Waals surface area contributed by atoms with Crippen molar-refractivity contribution in [3.63, 3.8) is 0 Å². The molecule has 32 heavy (non-hydrogen) atoms. The molecule has 1 saturated heterocycles. The molecule has 1 aromatic carbocycles. The van der Waals surface area contributed by atoms with E-state index in [0.29, 0.717) is 41.7 Å². The molecule has 0 N–H and O–H groups in total. The molecule has 0 aliphatic carbocycles. The van der Waals surface area contributed by atoms with Crippen LogP contribution in [0.2, 0.25) is 0 Å². The van der Waals surface area contributed by atoms with Crippen LogP contribution >= 0.6 is 11.3 Å². The van der Waals surface area contributed by atoms with Gasteiger partial charge in [0.1, 0.15) is 5.75 Å². The van der Waals surface area contributed by atoms with Gasteiger partial charge in [0.2, 0.25) is 0 Å². The lowest BCUT2D eigenvalue weighted by atomic mass is 10.3. The van der Waals surface area contributed by atoms with Gasteiger partial charge in [-0.1, -0.05) is 11.3 Å². The van der Waals surface area contributed by atoms with E-state index < -0.39 is 6.36 Å². The van der Waals surface area contributed by atoms with E-state index in [4.69, 9.17) is 4.74 Å². The number of morpholine rings is 1. The van der Waals surface area contributed by atoms with Gasteiger partial charge in [-0.25, -0.2) is 4.98 Å². The van der Waals surface area contributed by atoms with Gasteiger partial charge < -0.3 is 9.47 Å². The number of hydrogen-bond donors (Lipinski definition) is 0. The standard InChI is InChI=1S/C20H22F3N5O3S/c1-13-11-16(25-26(13)2)18(29)28(6-5-27-7-9-30-10-8-27)19-24-15-4-3-14(12-17(15)32-19)31-20(21,22)23/h3-4,11-12H,5-10H2,1-2H3. The Morgan fingerprint density at radius 3 is 2.69 bits per heavy atom. The number of nitrogens with zero attached hydrogens (tertiary/aromatic N) is 5. The highest BCUT2D eigenvalue weighted by atomic mass is 32.1. The van der Waals surface area contributed by atoms with Gasteiger partial charge in [-0.2, -0.15) is 5.10 Å². The normalized spacial score (nSPS) is 15.3. The number of aryl methyl sites for hydroxylation is 2. The number of fused-ring (bicyclic) bond motifs is 1. The zero-order valence-corrected chi connectivity index (χ0v) is 18.4. The van der Waals surface area contributed by atoms with Crippen LogP contribution < -0.4 is 9.64 Å². The Labute approximate surface area is 186 Å². The van der Waals surface area contributed by atoms with Crippen LogP contribution in [0.5, 0.6) is 5.75 Å². The predicted octanol–water partition coefficient (Wildman–Crippen LogP) is 3.22. The second-order valence-corrected chi connectivity index (χ2v) is 8.39. The lowest BCUT2D eigenvalue weighted by molar-refractivity contribution is -0.274. The van der Waals surface area contributed by atoms with Gasteiger partial charge in [0.05, 0.1) is 23.4 Å². The molecule has 4 rings (SSSR count). The van der Waals surface area contributed by atoms with Gasteiger partial charge in [0.15, 0.2) is 10.8 Å². The summed E-state index contributed by atoms with van der Waals surface area (Å²) in [5.41, 5.74) is 1.60. The number of alkyl halides is 3. The van der Waals surface area contributed by atoms with Crippen LogP contribution in [-0.2, 0) is 11.8 Å². The van der Waals surface area contributed by atoms with E-state index in [9.17, 15) is 18.0 Å². The highest BCUT2D eigenvalue weighted by Crippen LogP contribution is 2.33. The summed E-state index contributed by atoms with van der Waals surface area (Å²) >= 11 is 1.13. The molecule has 0 saturated carbocycles. The zero-order chi connectivity index (χ0) is 22.9. The highest BCUT2D eigenvalue weighted by molar-refractivity contribution is 7.22. The number of carbonyl (C=O) groups excluding carboxylic acids is 1. The first-order valence-corrected chi connectivity index (χ1v) is 10.8. The van der Waals surface area contributed by atoms with Gasteiger partial charge >= 0.3 is 6.36 Å². The molecular formula is C20H22F3N5O3S. The second-order valence-electron chi connectivity index (χ2n) is 7.38. The third kappa shape index (κ3) is 5.19. The molecule has 172 valence electrons. The van der Waals surface area contributed by atoms with Crippen molar-refractivity contribution < 1.29 is 27.4 Å². The average Bonchev–Trinajstić information content (AvgIpc) is 3.30. The van der Waals surface area contributed by atoms with Crippen molar-refractivity contribution in [2.75, 3.05) is 44.3 Å². The lowest BCUT2D eigenvalue weighted by Crippen LogP contribution is -2.43. The molecule has 0 radical (unpaired) electrons. The molecule has 1 aliphatic heterocycles. The van der Waals surface area contributed by atoms with Crippen molar-refractivity contribution in [2.24, 2.45) is 7.05 Å². The van der Waals surface area contributed by atoms with E-state index in [1.165, 1.54) is 23.1 Å². The second kappa shape index (κ2) is 9.04. The molecule has 1 fully saturated rings. The van der Waals surface area contributed by atoms with Gasteiger partial charge in [-0.3, -0.25) is 19.3 Å². The molecule has 3 heterocycles. The summed E-state index contributed by atoms with van der Waals surface area (Å²) in [6.07, 6.45) is -4.78. The molecular weight excluding hydrogens is 447 g/mol. The molecule has 0 unspecified atom stereocenters. The van der Waals surface area contributed by atoms with E-state index in [2.05, 4.69) is 19.7 Å². The largest absolute Gasteiger partial charge is 0.573 e. The topological polar surface area (TPSA) is 72.7 Å². The van der Waals surface area contributed by atoms with Gasteiger partial charge in [0.25, 0.3) is 5.91 Å². The third-order valence-corrected chi connectivity index (χ3v) is 6.18. The first-order chi connectivity index (χ1) is 15.2. The Hall–Kier alpha value is -2.70. The summed E-state index contributed by atoms with van der Waals surface area (Å²) in [5.74, 6) is -0.639. The average molecular weight is 469 g/mol. The first-order valence-electron chi connectivity index (χ1n) is 9.98. The fourth-order valence-corrected chi connectivity index (χ4v) is 4.38. The number of halogens is 3. The predicted molar refractivity (Wildman–Crippen MR) is 113 cm³/mol. The summed E-state index contributed by atoms with van der Waals surface area (Å²) in [4.78, 5) is 21.5. The summed E-state index contributed by atoms with van der Waals surface area (Å²) < 4.78 is 49.2. The quantitative estimate of drug-likeness (QED) is 0.552. The van der Waals surface area contributed by atoms with Crippen molar-refractivity contribution in [2.45, 2.75) is 13.3 Å². The number of hydrogen-bond acceptors (Lipinski definition) is 7. The van der Waals surface area contributed by atoms with Crippen molar-refractivity contribution in [1.29, 1.82) is 0 Å². The van der Waals surface area contributed by atoms with Crippen LogP contribution in [-0.4, -0.2) is 71.3 Å². The number of thiazole rings is 1. The van der Waals surface area contributed by atoms with Crippen LogP contribution in [0, 0.1) is 6.92 Å². The smallest absolute Gasteiger partial charge is 0.406 e. The number of rotatable bonds is 6. The number of amides is 1. The van der Waals surface area contributed by atoms with Gasteiger partial charge in [-0.15, -0.1) is 13.2 Å². The monoisotopic (exact) mass is 469 g/mol. The molecule has 8 nitrogen and oxygen atoms in total. The van der Waals surface area contributed by atoms with Crippen molar-refractivity contribution in [1.82, 2.24) is 19.7 Å².